The molecule has 21 heavy (non-hydrogen) atoms. The molecular weight excluding hydrogens is 290 g/mol. The molecule has 2 aromatic rings. The van der Waals surface area contributed by atoms with Gasteiger partial charge < -0.3 is 5.11 Å². The molecule has 0 atom stereocenters. The van der Waals surface area contributed by atoms with Crippen LogP contribution >= 0.6 is 0 Å². The molecule has 5 nitrogen and oxygen atoms in total. The molecule has 0 saturated carbocycles. The lowest BCUT2D eigenvalue weighted by molar-refractivity contribution is 0.0697. The summed E-state index contributed by atoms with van der Waals surface area (Å²) in [5, 5.41) is 8.79. The molecule has 0 spiro atoms. The zero-order valence-electron chi connectivity index (χ0n) is 11.2. The molecule has 6 heteroatoms. The van der Waals surface area contributed by atoms with Gasteiger partial charge in [0.25, 0.3) is 0 Å². The van der Waals surface area contributed by atoms with Crippen LogP contribution in [-0.2, 0) is 22.3 Å². The van der Waals surface area contributed by atoms with Crippen molar-refractivity contribution in [2.75, 3.05) is 0 Å². The number of hydrogen-bond donors (Lipinski definition) is 2. The number of sulfonamides is 1. The maximum atomic E-state index is 11.9. The minimum atomic E-state index is -3.43. The van der Waals surface area contributed by atoms with Crippen molar-refractivity contribution >= 4 is 16.0 Å². The smallest absolute Gasteiger partial charge is 0.335 e. The molecule has 0 aliphatic heterocycles. The normalized spacial score (nSPS) is 11.2. The summed E-state index contributed by atoms with van der Waals surface area (Å²) < 4.78 is 26.4. The molecule has 0 aliphatic rings. The van der Waals surface area contributed by atoms with Gasteiger partial charge in [0, 0.05) is 6.54 Å². The molecule has 0 aromatic heterocycles. The van der Waals surface area contributed by atoms with E-state index in [0.29, 0.717) is 11.1 Å². The Labute approximate surface area is 123 Å². The summed E-state index contributed by atoms with van der Waals surface area (Å²) in [4.78, 5) is 10.7. The van der Waals surface area contributed by atoms with E-state index in [1.54, 1.807) is 36.4 Å². The summed E-state index contributed by atoms with van der Waals surface area (Å²) in [5.74, 6) is -1.09. The molecule has 2 N–H and O–H groups in total. The zero-order chi connectivity index (χ0) is 15.3. The van der Waals surface area contributed by atoms with Gasteiger partial charge in [-0.05, 0) is 23.3 Å². The van der Waals surface area contributed by atoms with Gasteiger partial charge in [-0.3, -0.25) is 0 Å². The molecule has 0 saturated heterocycles. The van der Waals surface area contributed by atoms with Crippen LogP contribution in [0.4, 0.5) is 0 Å². The number of carboxylic acid groups (broad SMARTS) is 1. The predicted molar refractivity (Wildman–Crippen MR) is 79.3 cm³/mol. The first kappa shape index (κ1) is 15.2. The number of carbonyl (C=O) groups is 1. The molecule has 0 aliphatic carbocycles. The molecule has 0 unspecified atom stereocenters. The van der Waals surface area contributed by atoms with Crippen LogP contribution in [0.1, 0.15) is 21.5 Å². The van der Waals surface area contributed by atoms with Crippen LogP contribution in [0.5, 0.6) is 0 Å². The lowest BCUT2D eigenvalue weighted by Gasteiger charge is -2.07. The fourth-order valence-corrected chi connectivity index (χ4v) is 2.92. The third kappa shape index (κ3) is 4.70. The summed E-state index contributed by atoms with van der Waals surface area (Å²) in [6.45, 7) is 0.134. The Hall–Kier alpha value is -2.18. The lowest BCUT2D eigenvalue weighted by atomic mass is 10.1. The van der Waals surface area contributed by atoms with E-state index in [4.69, 9.17) is 5.11 Å². The topological polar surface area (TPSA) is 83.5 Å². The minimum Gasteiger partial charge on any atom is -0.478 e. The van der Waals surface area contributed by atoms with Crippen LogP contribution in [0, 0.1) is 0 Å². The third-order valence-corrected chi connectivity index (χ3v) is 4.19. The zero-order valence-corrected chi connectivity index (χ0v) is 12.0. The Bertz CT molecular complexity index is 709. The molecule has 0 amide bonds. The Kier molecular flexibility index (Phi) is 4.72. The van der Waals surface area contributed by atoms with E-state index in [-0.39, 0.29) is 17.9 Å². The van der Waals surface area contributed by atoms with Crippen LogP contribution in [-0.4, -0.2) is 19.5 Å². The van der Waals surface area contributed by atoms with Gasteiger partial charge in [-0.15, -0.1) is 0 Å². The maximum absolute atomic E-state index is 11.9. The van der Waals surface area contributed by atoms with E-state index < -0.39 is 16.0 Å². The molecule has 0 radical (unpaired) electrons. The van der Waals surface area contributed by atoms with Crippen LogP contribution in [0.2, 0.25) is 0 Å². The van der Waals surface area contributed by atoms with Gasteiger partial charge in [0.2, 0.25) is 10.0 Å². The number of hydrogen-bond acceptors (Lipinski definition) is 3. The number of benzene rings is 2. The van der Waals surface area contributed by atoms with Crippen molar-refractivity contribution in [1.29, 1.82) is 0 Å². The van der Waals surface area contributed by atoms with Crippen LogP contribution in [0.25, 0.3) is 0 Å². The van der Waals surface area contributed by atoms with Gasteiger partial charge in [-0.25, -0.2) is 17.9 Å². The van der Waals surface area contributed by atoms with E-state index >= 15 is 0 Å². The fraction of sp³-hybridized carbons (Fsp3) is 0.133. The van der Waals surface area contributed by atoms with Crippen molar-refractivity contribution in [1.82, 2.24) is 4.72 Å². The van der Waals surface area contributed by atoms with Crippen molar-refractivity contribution < 1.29 is 18.3 Å². The Balaban J connectivity index is 1.97. The molecule has 2 aromatic carbocycles. The van der Waals surface area contributed by atoms with Crippen LogP contribution in [0.3, 0.4) is 0 Å². The van der Waals surface area contributed by atoms with Gasteiger partial charge in [0.05, 0.1) is 11.3 Å². The highest BCUT2D eigenvalue weighted by molar-refractivity contribution is 7.88. The SMILES string of the molecule is O=C(O)c1ccc(CNS(=O)(=O)Cc2ccccc2)cc1. The molecule has 0 heterocycles. The van der Waals surface area contributed by atoms with Crippen molar-refractivity contribution in [2.45, 2.75) is 12.3 Å². The van der Waals surface area contributed by atoms with Crippen molar-refractivity contribution in [3.8, 4) is 0 Å². The summed E-state index contributed by atoms with van der Waals surface area (Å²) >= 11 is 0. The second kappa shape index (κ2) is 6.51. The van der Waals surface area contributed by atoms with Crippen LogP contribution in [0.15, 0.2) is 54.6 Å². The third-order valence-electron chi connectivity index (χ3n) is 2.90. The number of rotatable bonds is 6. The van der Waals surface area contributed by atoms with E-state index in [0.717, 1.165) is 0 Å². The van der Waals surface area contributed by atoms with E-state index in [1.807, 2.05) is 6.07 Å². The minimum absolute atomic E-state index is 0.0823. The largest absolute Gasteiger partial charge is 0.478 e. The molecule has 0 bridgehead atoms. The molecule has 0 fully saturated rings. The quantitative estimate of drug-likeness (QED) is 0.855. The molecule has 110 valence electrons. The van der Waals surface area contributed by atoms with Crippen molar-refractivity contribution in [3.05, 3.63) is 71.3 Å². The maximum Gasteiger partial charge on any atom is 0.335 e. The summed E-state index contributed by atoms with van der Waals surface area (Å²) in [6.07, 6.45) is 0. The first-order chi connectivity index (χ1) is 9.96. The summed E-state index contributed by atoms with van der Waals surface area (Å²) in [5.41, 5.74) is 1.59. The average Bonchev–Trinajstić information content (AvgIpc) is 2.46. The standard InChI is InChI=1S/C15H15NO4S/c17-15(18)14-8-6-12(7-9-14)10-16-21(19,20)11-13-4-2-1-3-5-13/h1-9,16H,10-11H2,(H,17,18). The van der Waals surface area contributed by atoms with E-state index in [1.165, 1.54) is 12.1 Å². The van der Waals surface area contributed by atoms with Gasteiger partial charge in [-0.2, -0.15) is 0 Å². The number of aromatic carboxylic acids is 1. The Morgan fingerprint density at radius 1 is 0.952 bits per heavy atom. The highest BCUT2D eigenvalue weighted by Gasteiger charge is 2.11. The second-order valence-electron chi connectivity index (χ2n) is 4.57. The fourth-order valence-electron chi connectivity index (χ4n) is 1.80. The van der Waals surface area contributed by atoms with Crippen molar-refractivity contribution in [2.24, 2.45) is 0 Å². The van der Waals surface area contributed by atoms with Gasteiger partial charge in [-0.1, -0.05) is 42.5 Å². The Morgan fingerprint density at radius 3 is 2.14 bits per heavy atom. The second-order valence-corrected chi connectivity index (χ2v) is 6.37. The van der Waals surface area contributed by atoms with E-state index in [2.05, 4.69) is 4.72 Å². The first-order valence-corrected chi connectivity index (χ1v) is 7.95. The average molecular weight is 305 g/mol. The Morgan fingerprint density at radius 2 is 1.57 bits per heavy atom. The predicted octanol–water partition coefficient (Wildman–Crippen LogP) is 2.00. The van der Waals surface area contributed by atoms with Gasteiger partial charge in [0.1, 0.15) is 0 Å². The molecular formula is C15H15NO4S. The highest BCUT2D eigenvalue weighted by Crippen LogP contribution is 2.07. The number of carboxylic acids is 1. The number of nitrogens with one attached hydrogen (secondary N) is 1. The molecule has 2 rings (SSSR count). The summed E-state index contributed by atoms with van der Waals surface area (Å²) in [6, 6.07) is 15.0. The monoisotopic (exact) mass is 305 g/mol. The highest BCUT2D eigenvalue weighted by atomic mass is 32.2. The first-order valence-electron chi connectivity index (χ1n) is 6.30. The van der Waals surface area contributed by atoms with E-state index in [9.17, 15) is 13.2 Å². The van der Waals surface area contributed by atoms with Crippen LogP contribution < -0.4 is 4.72 Å². The lowest BCUT2D eigenvalue weighted by Crippen LogP contribution is -2.24. The van der Waals surface area contributed by atoms with Gasteiger partial charge in [0.15, 0.2) is 0 Å². The summed E-state index contributed by atoms with van der Waals surface area (Å²) in [7, 11) is -3.43. The van der Waals surface area contributed by atoms with Crippen molar-refractivity contribution in [3.63, 3.8) is 0 Å². The van der Waals surface area contributed by atoms with Gasteiger partial charge >= 0.3 is 5.97 Å².